The van der Waals surface area contributed by atoms with Crippen molar-refractivity contribution in [1.29, 1.82) is 0 Å². The number of hydrogen-bond donors (Lipinski definition) is 0. The summed E-state index contributed by atoms with van der Waals surface area (Å²) in [6, 6.07) is 16.7. The Morgan fingerprint density at radius 1 is 1.03 bits per heavy atom. The van der Waals surface area contributed by atoms with Gasteiger partial charge in [-0.3, -0.25) is 4.79 Å². The summed E-state index contributed by atoms with van der Waals surface area (Å²) in [5.41, 5.74) is 0.941. The van der Waals surface area contributed by atoms with Gasteiger partial charge in [-0.25, -0.2) is 8.42 Å². The van der Waals surface area contributed by atoms with E-state index in [9.17, 15) is 13.2 Å². The lowest BCUT2D eigenvalue weighted by Gasteiger charge is -2.34. The Hall–Kier alpha value is -3.76. The van der Waals surface area contributed by atoms with Crippen molar-refractivity contribution in [2.75, 3.05) is 37.7 Å². The average molecular weight is 542 g/mol. The fourth-order valence-corrected chi connectivity index (χ4v) is 5.38. The fourth-order valence-electron chi connectivity index (χ4n) is 3.93. The van der Waals surface area contributed by atoms with E-state index in [0.717, 1.165) is 5.56 Å². The zero-order valence-corrected chi connectivity index (χ0v) is 21.5. The van der Waals surface area contributed by atoms with Crippen molar-refractivity contribution in [1.82, 2.24) is 9.88 Å². The van der Waals surface area contributed by atoms with E-state index in [4.69, 9.17) is 25.2 Å². The molecule has 1 amide bonds. The highest BCUT2D eigenvalue weighted by Crippen LogP contribution is 2.35. The molecule has 1 fully saturated rings. The molecule has 37 heavy (non-hydrogen) atoms. The second kappa shape index (κ2) is 10.3. The third kappa shape index (κ3) is 5.35. The number of hydrogen-bond acceptors (Lipinski definition) is 8. The monoisotopic (exact) mass is 541 g/mol. The molecule has 0 unspecified atom stereocenters. The van der Waals surface area contributed by atoms with E-state index < -0.39 is 9.84 Å². The summed E-state index contributed by atoms with van der Waals surface area (Å²) in [6.07, 6.45) is 1.46. The Balaban J connectivity index is 1.34. The van der Waals surface area contributed by atoms with Gasteiger partial charge in [-0.05, 0) is 55.5 Å². The summed E-state index contributed by atoms with van der Waals surface area (Å²) in [4.78, 5) is 20.6. The summed E-state index contributed by atoms with van der Waals surface area (Å²) in [5, 5.41) is 0.398. The van der Waals surface area contributed by atoms with E-state index in [2.05, 4.69) is 4.98 Å². The van der Waals surface area contributed by atoms with E-state index in [-0.39, 0.29) is 34.2 Å². The molecule has 1 aliphatic rings. The lowest BCUT2D eigenvalue weighted by Crippen LogP contribution is -2.50. The number of rotatable bonds is 7. The summed E-state index contributed by atoms with van der Waals surface area (Å²) < 4.78 is 44.0. The number of benzene rings is 2. The molecule has 4 aromatic rings. The number of aryl methyl sites for hydroxylation is 1. The Morgan fingerprint density at radius 3 is 2.38 bits per heavy atom. The smallest absolute Gasteiger partial charge is 0.266 e. The minimum atomic E-state index is -3.98. The van der Waals surface area contributed by atoms with Crippen molar-refractivity contribution in [2.45, 2.75) is 16.8 Å². The highest BCUT2D eigenvalue weighted by Gasteiger charge is 2.34. The maximum atomic E-state index is 13.5. The number of carbonyl (C=O) groups excluding carboxylic acids is 1. The van der Waals surface area contributed by atoms with Crippen molar-refractivity contribution in [2.24, 2.45) is 0 Å². The lowest BCUT2D eigenvalue weighted by molar-refractivity contribution is -0.133. The zero-order valence-electron chi connectivity index (χ0n) is 20.0. The first-order valence-electron chi connectivity index (χ1n) is 11.6. The zero-order chi connectivity index (χ0) is 26.0. The summed E-state index contributed by atoms with van der Waals surface area (Å²) in [6.45, 7) is 3.22. The summed E-state index contributed by atoms with van der Waals surface area (Å²) >= 11 is 5.88. The quantitative estimate of drug-likeness (QED) is 0.338. The largest absolute Gasteiger partial charge is 0.484 e. The fraction of sp³-hybridized carbons (Fsp3) is 0.231. The molecule has 192 valence electrons. The molecule has 0 saturated carbocycles. The summed E-state index contributed by atoms with van der Waals surface area (Å²) in [7, 11) is -3.98. The van der Waals surface area contributed by atoms with Crippen molar-refractivity contribution in [3.8, 4) is 17.4 Å². The number of furan rings is 1. The second-order valence-corrected chi connectivity index (χ2v) is 10.8. The number of ether oxygens (including phenoxy) is 1. The van der Waals surface area contributed by atoms with Crippen molar-refractivity contribution in [3.05, 3.63) is 77.5 Å². The molecule has 3 heterocycles. The minimum absolute atomic E-state index is 0.0700. The summed E-state index contributed by atoms with van der Waals surface area (Å²) in [5.74, 6) is 0.891. The van der Waals surface area contributed by atoms with Gasteiger partial charge in [0.25, 0.3) is 11.8 Å². The Labute approximate surface area is 219 Å². The van der Waals surface area contributed by atoms with Crippen LogP contribution < -0.4 is 9.64 Å². The van der Waals surface area contributed by atoms with Gasteiger partial charge in [0.05, 0.1) is 11.2 Å². The average Bonchev–Trinajstić information content (AvgIpc) is 3.59. The Bertz CT molecular complexity index is 1470. The molecule has 0 spiro atoms. The molecule has 2 aromatic carbocycles. The van der Waals surface area contributed by atoms with Crippen LogP contribution in [0.5, 0.6) is 5.75 Å². The van der Waals surface area contributed by atoms with Crippen molar-refractivity contribution in [3.63, 3.8) is 0 Å². The van der Waals surface area contributed by atoms with Crippen LogP contribution in [-0.4, -0.2) is 57.0 Å². The van der Waals surface area contributed by atoms with Gasteiger partial charge in [0.2, 0.25) is 20.7 Å². The number of aromatic nitrogens is 1. The number of halogens is 1. The van der Waals surface area contributed by atoms with Crippen LogP contribution in [0, 0.1) is 6.92 Å². The van der Waals surface area contributed by atoms with Crippen LogP contribution in [0.1, 0.15) is 5.56 Å². The van der Waals surface area contributed by atoms with Crippen LogP contribution in [0.4, 0.5) is 5.88 Å². The molecule has 0 N–H and O–H groups in total. The van der Waals surface area contributed by atoms with E-state index in [1.165, 1.54) is 6.26 Å². The third-order valence-corrected chi connectivity index (χ3v) is 7.91. The van der Waals surface area contributed by atoms with Crippen LogP contribution in [0.15, 0.2) is 85.7 Å². The third-order valence-electron chi connectivity index (χ3n) is 5.99. The number of oxazole rings is 1. The second-order valence-electron chi connectivity index (χ2n) is 8.53. The predicted molar refractivity (Wildman–Crippen MR) is 137 cm³/mol. The molecule has 1 aliphatic heterocycles. The first kappa shape index (κ1) is 24.9. The van der Waals surface area contributed by atoms with E-state index >= 15 is 0 Å². The van der Waals surface area contributed by atoms with Gasteiger partial charge >= 0.3 is 0 Å². The topological polar surface area (TPSA) is 106 Å². The molecule has 5 rings (SSSR count). The molecule has 0 atom stereocenters. The van der Waals surface area contributed by atoms with Gasteiger partial charge in [0.1, 0.15) is 5.75 Å². The van der Waals surface area contributed by atoms with Crippen LogP contribution in [0.25, 0.3) is 11.7 Å². The van der Waals surface area contributed by atoms with Crippen LogP contribution in [0.2, 0.25) is 5.02 Å². The molecule has 11 heteroatoms. The highest BCUT2D eigenvalue weighted by molar-refractivity contribution is 7.91. The van der Waals surface area contributed by atoms with Crippen LogP contribution in [-0.2, 0) is 14.6 Å². The maximum absolute atomic E-state index is 13.5. The molecule has 2 aromatic heterocycles. The molecule has 1 saturated heterocycles. The SMILES string of the molecule is Cc1ccc(S(=O)(=O)c2nc(-c3ccco3)oc2N2CCN(C(=O)COc3ccc(Cl)cc3)CC2)cc1. The number of nitrogens with zero attached hydrogens (tertiary/aromatic N) is 3. The molecule has 0 radical (unpaired) electrons. The normalized spacial score (nSPS) is 14.1. The van der Waals surface area contributed by atoms with E-state index in [1.54, 1.807) is 70.5 Å². The number of amides is 1. The van der Waals surface area contributed by atoms with E-state index in [1.807, 2.05) is 6.92 Å². The van der Waals surface area contributed by atoms with Crippen LogP contribution >= 0.6 is 11.6 Å². The van der Waals surface area contributed by atoms with Gasteiger partial charge in [0.15, 0.2) is 12.4 Å². The number of piperazine rings is 1. The Morgan fingerprint density at radius 2 is 1.73 bits per heavy atom. The van der Waals surface area contributed by atoms with Gasteiger partial charge in [-0.15, -0.1) is 0 Å². The number of anilines is 1. The van der Waals surface area contributed by atoms with Gasteiger partial charge in [-0.1, -0.05) is 29.3 Å². The van der Waals surface area contributed by atoms with Crippen molar-refractivity contribution < 1.29 is 26.8 Å². The highest BCUT2D eigenvalue weighted by atomic mass is 35.5. The number of carbonyl (C=O) groups is 1. The first-order chi connectivity index (χ1) is 17.8. The number of sulfone groups is 1. The predicted octanol–water partition coefficient (Wildman–Crippen LogP) is 4.46. The molecule has 0 aliphatic carbocycles. The first-order valence-corrected chi connectivity index (χ1v) is 13.4. The lowest BCUT2D eigenvalue weighted by atomic mass is 10.2. The van der Waals surface area contributed by atoms with Gasteiger partial charge in [-0.2, -0.15) is 4.98 Å². The van der Waals surface area contributed by atoms with Crippen LogP contribution in [0.3, 0.4) is 0 Å². The van der Waals surface area contributed by atoms with Gasteiger partial charge in [0, 0.05) is 31.2 Å². The van der Waals surface area contributed by atoms with E-state index in [0.29, 0.717) is 42.7 Å². The standard InChI is InChI=1S/C26H24ClN3O6S/c1-18-4-10-21(11-5-18)37(32,33)25-26(36-24(28-25)22-3-2-16-34-22)30-14-12-29(13-15-30)23(31)17-35-20-8-6-19(27)7-9-20/h2-11,16H,12-15,17H2,1H3. The van der Waals surface area contributed by atoms with Gasteiger partial charge < -0.3 is 23.4 Å². The Kier molecular flexibility index (Phi) is 6.94. The molecule has 0 bridgehead atoms. The molecular formula is C26H24ClN3O6S. The molecular weight excluding hydrogens is 518 g/mol. The van der Waals surface area contributed by atoms with Crippen molar-refractivity contribution >= 4 is 33.2 Å². The molecule has 9 nitrogen and oxygen atoms in total. The maximum Gasteiger partial charge on any atom is 0.266 e. The minimum Gasteiger partial charge on any atom is -0.484 e.